The molecule has 0 bridgehead atoms. The average molecular weight is 250 g/mol. The van der Waals surface area contributed by atoms with E-state index < -0.39 is 27.3 Å². The first-order valence-electron chi connectivity index (χ1n) is 5.45. The minimum absolute atomic E-state index is 0.0411. The molecule has 1 heterocycles. The predicted molar refractivity (Wildman–Crippen MR) is 58.6 cm³/mol. The summed E-state index contributed by atoms with van der Waals surface area (Å²) in [5.41, 5.74) is -1.65. The highest BCUT2D eigenvalue weighted by atomic mass is 32.2. The molecule has 0 radical (unpaired) electrons. The van der Waals surface area contributed by atoms with Gasteiger partial charge >= 0.3 is 5.97 Å². The SMILES string of the molecule is CCOC(=O)C(O)(CC)C1CCS(=O)(=O)C1. The van der Waals surface area contributed by atoms with E-state index in [-0.39, 0.29) is 24.5 Å². The largest absolute Gasteiger partial charge is 0.464 e. The standard InChI is InChI=1S/C10H18O5S/c1-3-10(12,9(11)15-4-2)8-5-6-16(13,14)7-8/h8,12H,3-7H2,1-2H3. The summed E-state index contributed by atoms with van der Waals surface area (Å²) in [4.78, 5) is 11.6. The van der Waals surface area contributed by atoms with Crippen LogP contribution < -0.4 is 0 Å². The zero-order valence-corrected chi connectivity index (χ0v) is 10.4. The number of carbonyl (C=O) groups excluding carboxylic acids is 1. The van der Waals surface area contributed by atoms with Gasteiger partial charge in [0.2, 0.25) is 0 Å². The fraction of sp³-hybridized carbons (Fsp3) is 0.900. The Morgan fingerprint density at radius 1 is 1.50 bits per heavy atom. The van der Waals surface area contributed by atoms with Gasteiger partial charge in [-0.1, -0.05) is 6.92 Å². The molecule has 0 spiro atoms. The van der Waals surface area contributed by atoms with Crippen molar-refractivity contribution in [3.63, 3.8) is 0 Å². The molecule has 0 aromatic rings. The summed E-state index contributed by atoms with van der Waals surface area (Å²) >= 11 is 0. The van der Waals surface area contributed by atoms with Crippen molar-refractivity contribution in [1.82, 2.24) is 0 Å². The second-order valence-electron chi connectivity index (χ2n) is 4.10. The smallest absolute Gasteiger partial charge is 0.338 e. The molecule has 0 aromatic heterocycles. The van der Waals surface area contributed by atoms with Gasteiger partial charge in [0.05, 0.1) is 18.1 Å². The van der Waals surface area contributed by atoms with Crippen molar-refractivity contribution in [3.05, 3.63) is 0 Å². The second-order valence-corrected chi connectivity index (χ2v) is 6.33. The molecule has 0 aliphatic carbocycles. The average Bonchev–Trinajstić information content (AvgIpc) is 2.58. The van der Waals surface area contributed by atoms with Gasteiger partial charge in [-0.3, -0.25) is 0 Å². The summed E-state index contributed by atoms with van der Waals surface area (Å²) in [5, 5.41) is 10.2. The maximum absolute atomic E-state index is 11.6. The first-order chi connectivity index (χ1) is 7.35. The number of ether oxygens (including phenoxy) is 1. The van der Waals surface area contributed by atoms with E-state index in [1.54, 1.807) is 13.8 Å². The Labute approximate surface area is 95.7 Å². The topological polar surface area (TPSA) is 80.7 Å². The number of hydrogen-bond acceptors (Lipinski definition) is 5. The van der Waals surface area contributed by atoms with Crippen LogP contribution in [-0.2, 0) is 19.4 Å². The van der Waals surface area contributed by atoms with Crippen LogP contribution in [-0.4, -0.2) is 43.2 Å². The summed E-state index contributed by atoms with van der Waals surface area (Å²) in [7, 11) is -3.10. The van der Waals surface area contributed by atoms with Crippen LogP contribution in [0.25, 0.3) is 0 Å². The molecule has 94 valence electrons. The van der Waals surface area contributed by atoms with Crippen LogP contribution in [0.5, 0.6) is 0 Å². The van der Waals surface area contributed by atoms with E-state index >= 15 is 0 Å². The number of aliphatic hydroxyl groups is 1. The monoisotopic (exact) mass is 250 g/mol. The summed E-state index contributed by atoms with van der Waals surface area (Å²) in [6.07, 6.45) is 0.498. The molecule has 1 aliphatic heterocycles. The van der Waals surface area contributed by atoms with Crippen molar-refractivity contribution >= 4 is 15.8 Å². The Morgan fingerprint density at radius 2 is 2.12 bits per heavy atom. The Hall–Kier alpha value is -0.620. The zero-order valence-electron chi connectivity index (χ0n) is 9.60. The normalized spacial score (nSPS) is 27.3. The summed E-state index contributed by atoms with van der Waals surface area (Å²) < 4.78 is 27.4. The molecule has 1 N–H and O–H groups in total. The van der Waals surface area contributed by atoms with Crippen molar-refractivity contribution in [2.75, 3.05) is 18.1 Å². The van der Waals surface area contributed by atoms with Crippen LogP contribution in [0.2, 0.25) is 0 Å². The molecule has 2 atom stereocenters. The van der Waals surface area contributed by atoms with E-state index in [0.29, 0.717) is 6.42 Å². The zero-order chi connectivity index (χ0) is 12.4. The van der Waals surface area contributed by atoms with Crippen LogP contribution >= 0.6 is 0 Å². The lowest BCUT2D eigenvalue weighted by Crippen LogP contribution is -2.47. The number of esters is 1. The number of hydrogen-bond donors (Lipinski definition) is 1. The fourth-order valence-corrected chi connectivity index (χ4v) is 3.89. The number of carbonyl (C=O) groups is 1. The molecule has 1 aliphatic rings. The molecule has 0 amide bonds. The van der Waals surface area contributed by atoms with Gasteiger partial charge in [-0.15, -0.1) is 0 Å². The van der Waals surface area contributed by atoms with Crippen LogP contribution in [0.4, 0.5) is 0 Å². The summed E-state index contributed by atoms with van der Waals surface area (Å²) in [6.45, 7) is 3.49. The highest BCUT2D eigenvalue weighted by Crippen LogP contribution is 2.32. The van der Waals surface area contributed by atoms with Crippen molar-refractivity contribution < 1.29 is 23.1 Å². The molecular weight excluding hydrogens is 232 g/mol. The van der Waals surface area contributed by atoms with Gasteiger partial charge in [0, 0.05) is 5.92 Å². The maximum atomic E-state index is 11.6. The second kappa shape index (κ2) is 4.71. The highest BCUT2D eigenvalue weighted by molar-refractivity contribution is 7.91. The highest BCUT2D eigenvalue weighted by Gasteiger charge is 2.48. The first kappa shape index (κ1) is 13.4. The minimum Gasteiger partial charge on any atom is -0.464 e. The van der Waals surface area contributed by atoms with Gasteiger partial charge in [0.25, 0.3) is 0 Å². The van der Waals surface area contributed by atoms with Crippen LogP contribution in [0.15, 0.2) is 0 Å². The van der Waals surface area contributed by atoms with E-state index in [4.69, 9.17) is 4.74 Å². The van der Waals surface area contributed by atoms with E-state index in [2.05, 4.69) is 0 Å². The third-order valence-corrected chi connectivity index (χ3v) is 4.84. The Morgan fingerprint density at radius 3 is 2.50 bits per heavy atom. The third kappa shape index (κ3) is 2.55. The molecule has 16 heavy (non-hydrogen) atoms. The molecule has 6 heteroatoms. The Balaban J connectivity index is 2.85. The van der Waals surface area contributed by atoms with E-state index in [0.717, 1.165) is 0 Å². The minimum atomic E-state index is -3.10. The number of rotatable bonds is 4. The molecule has 2 unspecified atom stereocenters. The Bertz CT molecular complexity index is 361. The quantitative estimate of drug-likeness (QED) is 0.717. The van der Waals surface area contributed by atoms with Crippen molar-refractivity contribution in [1.29, 1.82) is 0 Å². The summed E-state index contributed by atoms with van der Waals surface area (Å²) in [5.74, 6) is -1.34. The van der Waals surface area contributed by atoms with Gasteiger partial charge in [-0.25, -0.2) is 13.2 Å². The van der Waals surface area contributed by atoms with E-state index in [9.17, 15) is 18.3 Å². The van der Waals surface area contributed by atoms with Gasteiger partial charge in [0.1, 0.15) is 0 Å². The van der Waals surface area contributed by atoms with E-state index in [1.165, 1.54) is 0 Å². The van der Waals surface area contributed by atoms with Crippen LogP contribution in [0.3, 0.4) is 0 Å². The lowest BCUT2D eigenvalue weighted by atomic mass is 9.84. The predicted octanol–water partition coefficient (Wildman–Crippen LogP) is 0.125. The lowest BCUT2D eigenvalue weighted by Gasteiger charge is -2.29. The fourth-order valence-electron chi connectivity index (χ4n) is 2.03. The molecule has 1 rings (SSSR count). The van der Waals surface area contributed by atoms with Crippen molar-refractivity contribution in [2.24, 2.45) is 5.92 Å². The summed E-state index contributed by atoms with van der Waals surface area (Å²) in [6, 6.07) is 0. The van der Waals surface area contributed by atoms with Gasteiger partial charge in [0.15, 0.2) is 15.4 Å². The first-order valence-corrected chi connectivity index (χ1v) is 7.28. The van der Waals surface area contributed by atoms with Crippen molar-refractivity contribution in [2.45, 2.75) is 32.3 Å². The third-order valence-electron chi connectivity index (χ3n) is 3.08. The molecule has 0 aromatic carbocycles. The molecule has 0 saturated carbocycles. The van der Waals surface area contributed by atoms with Gasteiger partial charge in [-0.2, -0.15) is 0 Å². The molecular formula is C10H18O5S. The molecule has 1 saturated heterocycles. The molecule has 5 nitrogen and oxygen atoms in total. The van der Waals surface area contributed by atoms with Crippen molar-refractivity contribution in [3.8, 4) is 0 Å². The Kier molecular flexibility index (Phi) is 3.96. The molecule has 1 fully saturated rings. The number of sulfone groups is 1. The maximum Gasteiger partial charge on any atom is 0.338 e. The van der Waals surface area contributed by atoms with Crippen LogP contribution in [0.1, 0.15) is 26.7 Å². The van der Waals surface area contributed by atoms with Crippen LogP contribution in [0, 0.1) is 5.92 Å². The van der Waals surface area contributed by atoms with Gasteiger partial charge in [-0.05, 0) is 19.8 Å². The van der Waals surface area contributed by atoms with E-state index in [1.807, 2.05) is 0 Å². The lowest BCUT2D eigenvalue weighted by molar-refractivity contribution is -0.170. The van der Waals surface area contributed by atoms with Gasteiger partial charge < -0.3 is 9.84 Å².